The molecule has 0 saturated carbocycles. The molecule has 0 radical (unpaired) electrons. The van der Waals surface area contributed by atoms with E-state index in [-0.39, 0.29) is 0 Å². The van der Waals surface area contributed by atoms with E-state index in [1.165, 1.54) is 0 Å². The third-order valence-corrected chi connectivity index (χ3v) is 0.969. The van der Waals surface area contributed by atoms with E-state index in [0.29, 0.717) is 11.5 Å². The fourth-order valence-electron chi connectivity index (χ4n) is 0.415. The molecule has 0 atom stereocenters. The molecule has 1 aromatic heterocycles. The lowest BCUT2D eigenvalue weighted by Crippen LogP contribution is -1.85. The molecule has 4 nitrogen and oxygen atoms in total. The number of rotatable bonds is 0. The maximum Gasteiger partial charge on any atom is 0.518 e. The van der Waals surface area contributed by atoms with Crippen molar-refractivity contribution >= 4 is 0 Å². The molecular weight excluding hydrogens is 136 g/mol. The molecule has 0 aliphatic heterocycles. The number of aryl methyl sites for hydroxylation is 2. The summed E-state index contributed by atoms with van der Waals surface area (Å²) >= 11 is 0. The van der Waals surface area contributed by atoms with Crippen LogP contribution in [0.3, 0.4) is 0 Å². The SMILES string of the molecule is CO.Cc1oc(=O)oc1C. The Bertz CT molecular complexity index is 210. The third kappa shape index (κ3) is 2.06. The molecule has 58 valence electrons. The Hall–Kier alpha value is -1.03. The molecule has 0 amide bonds. The molecule has 1 N–H and O–H groups in total. The van der Waals surface area contributed by atoms with E-state index in [2.05, 4.69) is 8.83 Å². The standard InChI is InChI=1S/C5H6O3.CH4O/c1-3-4(2)8-5(6)7-3;1-2/h1-2H3;2H,1H3. The molecular formula is C6H10O4. The minimum Gasteiger partial charge on any atom is -0.400 e. The highest BCUT2D eigenvalue weighted by molar-refractivity contribution is 4.95. The number of aliphatic hydroxyl groups excluding tert-OH is 1. The minimum atomic E-state index is -0.625. The molecule has 0 unspecified atom stereocenters. The van der Waals surface area contributed by atoms with Crippen molar-refractivity contribution < 1.29 is 13.9 Å². The van der Waals surface area contributed by atoms with Crippen LogP contribution in [0.4, 0.5) is 0 Å². The van der Waals surface area contributed by atoms with Gasteiger partial charge >= 0.3 is 5.82 Å². The summed E-state index contributed by atoms with van der Waals surface area (Å²) in [5, 5.41) is 7.00. The van der Waals surface area contributed by atoms with Gasteiger partial charge in [-0.05, 0) is 13.8 Å². The van der Waals surface area contributed by atoms with Crippen molar-refractivity contribution in [3.05, 3.63) is 22.1 Å². The van der Waals surface area contributed by atoms with Gasteiger partial charge in [0.05, 0.1) is 0 Å². The number of hydrogen-bond acceptors (Lipinski definition) is 4. The van der Waals surface area contributed by atoms with Gasteiger partial charge in [0.1, 0.15) is 11.5 Å². The highest BCUT2D eigenvalue weighted by atomic mass is 16.6. The van der Waals surface area contributed by atoms with Gasteiger partial charge in [-0.15, -0.1) is 0 Å². The summed E-state index contributed by atoms with van der Waals surface area (Å²) in [6.45, 7) is 3.36. The lowest BCUT2D eigenvalue weighted by molar-refractivity contribution is 0.373. The van der Waals surface area contributed by atoms with Crippen LogP contribution < -0.4 is 5.82 Å². The van der Waals surface area contributed by atoms with Gasteiger partial charge in [0, 0.05) is 7.11 Å². The molecule has 1 aromatic rings. The molecule has 1 heterocycles. The van der Waals surface area contributed by atoms with Crippen LogP contribution in [0.2, 0.25) is 0 Å². The summed E-state index contributed by atoms with van der Waals surface area (Å²) in [4.78, 5) is 10.2. The van der Waals surface area contributed by atoms with Crippen LogP contribution in [0, 0.1) is 13.8 Å². The second-order valence-corrected chi connectivity index (χ2v) is 1.57. The Morgan fingerprint density at radius 3 is 1.50 bits per heavy atom. The van der Waals surface area contributed by atoms with Crippen molar-refractivity contribution in [2.45, 2.75) is 13.8 Å². The van der Waals surface area contributed by atoms with Crippen LogP contribution in [0.25, 0.3) is 0 Å². The predicted octanol–water partition coefficient (Wildman–Crippen LogP) is 0.458. The molecule has 0 spiro atoms. The topological polar surface area (TPSA) is 63.6 Å². The largest absolute Gasteiger partial charge is 0.518 e. The Balaban J connectivity index is 0.000000371. The number of hydrogen-bond donors (Lipinski definition) is 1. The van der Waals surface area contributed by atoms with Crippen LogP contribution in [0.5, 0.6) is 0 Å². The van der Waals surface area contributed by atoms with Gasteiger partial charge in [0.15, 0.2) is 0 Å². The first-order valence-corrected chi connectivity index (χ1v) is 2.72. The zero-order valence-corrected chi connectivity index (χ0v) is 6.17. The van der Waals surface area contributed by atoms with E-state index in [1.54, 1.807) is 13.8 Å². The molecule has 10 heavy (non-hydrogen) atoms. The third-order valence-electron chi connectivity index (χ3n) is 0.969. The lowest BCUT2D eigenvalue weighted by Gasteiger charge is -1.74. The quantitative estimate of drug-likeness (QED) is 0.577. The summed E-state index contributed by atoms with van der Waals surface area (Å²) in [5.41, 5.74) is 0. The van der Waals surface area contributed by atoms with Crippen molar-refractivity contribution in [1.29, 1.82) is 0 Å². The van der Waals surface area contributed by atoms with Gasteiger partial charge in [-0.3, -0.25) is 0 Å². The van der Waals surface area contributed by atoms with Gasteiger partial charge in [0.2, 0.25) is 0 Å². The average Bonchev–Trinajstić information content (AvgIpc) is 2.16. The van der Waals surface area contributed by atoms with Gasteiger partial charge in [-0.1, -0.05) is 0 Å². The smallest absolute Gasteiger partial charge is 0.400 e. The summed E-state index contributed by atoms with van der Waals surface area (Å²) < 4.78 is 8.98. The van der Waals surface area contributed by atoms with Crippen LogP contribution in [-0.2, 0) is 0 Å². The van der Waals surface area contributed by atoms with Crippen molar-refractivity contribution in [3.63, 3.8) is 0 Å². The Labute approximate surface area is 58.1 Å². The molecule has 0 aliphatic rings. The van der Waals surface area contributed by atoms with E-state index in [9.17, 15) is 4.79 Å². The zero-order valence-electron chi connectivity index (χ0n) is 6.17. The summed E-state index contributed by atoms with van der Waals surface area (Å²) in [7, 11) is 1.00. The molecule has 4 heteroatoms. The predicted molar refractivity (Wildman–Crippen MR) is 34.9 cm³/mol. The molecule has 0 aliphatic carbocycles. The average molecular weight is 146 g/mol. The second kappa shape index (κ2) is 3.90. The van der Waals surface area contributed by atoms with Crippen LogP contribution >= 0.6 is 0 Å². The first-order chi connectivity index (χ1) is 4.70. The van der Waals surface area contributed by atoms with E-state index in [1.807, 2.05) is 0 Å². The van der Waals surface area contributed by atoms with Crippen molar-refractivity contribution in [2.75, 3.05) is 7.11 Å². The van der Waals surface area contributed by atoms with E-state index in [0.717, 1.165) is 7.11 Å². The van der Waals surface area contributed by atoms with E-state index in [4.69, 9.17) is 5.11 Å². The highest BCUT2D eigenvalue weighted by Crippen LogP contribution is 1.99. The molecule has 0 fully saturated rings. The van der Waals surface area contributed by atoms with Gasteiger partial charge < -0.3 is 13.9 Å². The van der Waals surface area contributed by atoms with Crippen molar-refractivity contribution in [2.24, 2.45) is 0 Å². The van der Waals surface area contributed by atoms with Gasteiger partial charge in [-0.25, -0.2) is 4.79 Å². The maximum absolute atomic E-state index is 10.2. The Morgan fingerprint density at radius 1 is 1.10 bits per heavy atom. The molecule has 0 aromatic carbocycles. The normalized spacial score (nSPS) is 8.40. The van der Waals surface area contributed by atoms with Gasteiger partial charge in [-0.2, -0.15) is 0 Å². The van der Waals surface area contributed by atoms with Crippen LogP contribution in [-0.4, -0.2) is 12.2 Å². The fourth-order valence-corrected chi connectivity index (χ4v) is 0.415. The lowest BCUT2D eigenvalue weighted by atomic mass is 10.4. The van der Waals surface area contributed by atoms with E-state index >= 15 is 0 Å². The fraction of sp³-hybridized carbons (Fsp3) is 0.500. The summed E-state index contributed by atoms with van der Waals surface area (Å²) in [6, 6.07) is 0. The Kier molecular flexibility index (Phi) is 3.49. The highest BCUT2D eigenvalue weighted by Gasteiger charge is 1.99. The first kappa shape index (κ1) is 8.97. The Morgan fingerprint density at radius 2 is 1.40 bits per heavy atom. The zero-order chi connectivity index (χ0) is 8.15. The first-order valence-electron chi connectivity index (χ1n) is 2.72. The van der Waals surface area contributed by atoms with E-state index < -0.39 is 5.82 Å². The molecule has 0 bridgehead atoms. The van der Waals surface area contributed by atoms with Gasteiger partial charge in [0.25, 0.3) is 0 Å². The second-order valence-electron chi connectivity index (χ2n) is 1.57. The summed E-state index contributed by atoms with van der Waals surface area (Å²) in [5.74, 6) is 0.477. The van der Waals surface area contributed by atoms with Crippen LogP contribution in [0.15, 0.2) is 13.6 Å². The summed E-state index contributed by atoms with van der Waals surface area (Å²) in [6.07, 6.45) is 0. The maximum atomic E-state index is 10.2. The van der Waals surface area contributed by atoms with Crippen LogP contribution in [0.1, 0.15) is 11.5 Å². The molecule has 0 saturated heterocycles. The monoisotopic (exact) mass is 146 g/mol. The van der Waals surface area contributed by atoms with Crippen molar-refractivity contribution in [1.82, 2.24) is 0 Å². The minimum absolute atomic E-state index is 0.551. The van der Waals surface area contributed by atoms with Crippen molar-refractivity contribution in [3.8, 4) is 0 Å². The molecule has 1 rings (SSSR count). The number of aliphatic hydroxyl groups is 1.